The number of aliphatic hydroxyl groups excluding tert-OH is 1. The predicted molar refractivity (Wildman–Crippen MR) is 127 cm³/mol. The fourth-order valence-corrected chi connectivity index (χ4v) is 4.87. The van der Waals surface area contributed by atoms with Gasteiger partial charge < -0.3 is 10.4 Å². The highest BCUT2D eigenvalue weighted by molar-refractivity contribution is 7.09. The van der Waals surface area contributed by atoms with Crippen molar-refractivity contribution in [2.24, 2.45) is 0 Å². The molecule has 3 rings (SSSR count). The number of aromatic nitrogens is 1. The lowest BCUT2D eigenvalue weighted by Crippen LogP contribution is -2.31. The SMILES string of the molecule is CCCC(CCC)NCCO.Cc1nc(-c2ccc3c(c2)C(C)(C)CCC3)cs1. The van der Waals surface area contributed by atoms with Crippen LogP contribution in [-0.2, 0) is 11.8 Å². The molecular formula is C25H40N2OS. The molecule has 1 aromatic carbocycles. The third-order valence-electron chi connectivity index (χ3n) is 5.82. The van der Waals surface area contributed by atoms with E-state index in [4.69, 9.17) is 5.11 Å². The van der Waals surface area contributed by atoms with Crippen LogP contribution < -0.4 is 5.32 Å². The number of aliphatic hydroxyl groups is 1. The zero-order valence-corrected chi connectivity index (χ0v) is 19.9. The maximum Gasteiger partial charge on any atom is 0.0901 e. The van der Waals surface area contributed by atoms with Crippen molar-refractivity contribution in [2.45, 2.75) is 91.0 Å². The van der Waals surface area contributed by atoms with Gasteiger partial charge in [0.25, 0.3) is 0 Å². The Morgan fingerprint density at radius 3 is 2.52 bits per heavy atom. The minimum atomic E-state index is 0.254. The number of hydrogen-bond acceptors (Lipinski definition) is 4. The minimum absolute atomic E-state index is 0.254. The molecule has 0 unspecified atom stereocenters. The van der Waals surface area contributed by atoms with Crippen LogP contribution in [0.25, 0.3) is 11.3 Å². The van der Waals surface area contributed by atoms with Crippen LogP contribution in [0.4, 0.5) is 0 Å². The molecule has 2 aromatic rings. The van der Waals surface area contributed by atoms with Gasteiger partial charge in [-0.25, -0.2) is 4.98 Å². The number of rotatable bonds is 8. The summed E-state index contributed by atoms with van der Waals surface area (Å²) in [6, 6.07) is 7.52. The maximum atomic E-state index is 8.59. The smallest absolute Gasteiger partial charge is 0.0901 e. The fourth-order valence-electron chi connectivity index (χ4n) is 4.25. The van der Waals surface area contributed by atoms with Gasteiger partial charge in [0.05, 0.1) is 17.3 Å². The van der Waals surface area contributed by atoms with Gasteiger partial charge in [-0.2, -0.15) is 0 Å². The third kappa shape index (κ3) is 7.20. The van der Waals surface area contributed by atoms with Crippen molar-refractivity contribution in [1.29, 1.82) is 0 Å². The topological polar surface area (TPSA) is 45.1 Å². The number of aryl methyl sites for hydroxylation is 2. The second kappa shape index (κ2) is 11.8. The zero-order chi connectivity index (χ0) is 21.3. The van der Waals surface area contributed by atoms with Crippen LogP contribution in [0.1, 0.15) is 82.4 Å². The van der Waals surface area contributed by atoms with Crippen LogP contribution in [-0.4, -0.2) is 29.3 Å². The Balaban J connectivity index is 0.000000237. The number of nitrogens with one attached hydrogen (secondary N) is 1. The molecule has 1 aromatic heterocycles. The van der Waals surface area contributed by atoms with E-state index in [0.29, 0.717) is 11.5 Å². The van der Waals surface area contributed by atoms with Gasteiger partial charge in [0.1, 0.15) is 0 Å². The first-order valence-corrected chi connectivity index (χ1v) is 12.2. The number of fused-ring (bicyclic) bond motifs is 1. The summed E-state index contributed by atoms with van der Waals surface area (Å²) in [5.74, 6) is 0. The molecule has 0 atom stereocenters. The van der Waals surface area contributed by atoms with E-state index in [1.54, 1.807) is 11.3 Å². The normalized spacial score (nSPS) is 15.0. The van der Waals surface area contributed by atoms with Crippen LogP contribution in [0.2, 0.25) is 0 Å². The summed E-state index contributed by atoms with van der Waals surface area (Å²) in [6.07, 6.45) is 8.75. The van der Waals surface area contributed by atoms with Gasteiger partial charge in [0.15, 0.2) is 0 Å². The van der Waals surface area contributed by atoms with Gasteiger partial charge in [-0.1, -0.05) is 52.7 Å². The Kier molecular flexibility index (Phi) is 9.81. The van der Waals surface area contributed by atoms with Crippen molar-refractivity contribution >= 4 is 11.3 Å². The molecule has 4 heteroatoms. The van der Waals surface area contributed by atoms with Crippen LogP contribution in [0.5, 0.6) is 0 Å². The highest BCUT2D eigenvalue weighted by Crippen LogP contribution is 2.38. The van der Waals surface area contributed by atoms with E-state index in [1.165, 1.54) is 61.6 Å². The lowest BCUT2D eigenvalue weighted by Gasteiger charge is -2.32. The third-order valence-corrected chi connectivity index (χ3v) is 6.59. The summed E-state index contributed by atoms with van der Waals surface area (Å²) < 4.78 is 0. The van der Waals surface area contributed by atoms with Gasteiger partial charge in [0.2, 0.25) is 0 Å². The molecule has 162 valence electrons. The lowest BCUT2D eigenvalue weighted by molar-refractivity contribution is 0.279. The average Bonchev–Trinajstić information content (AvgIpc) is 3.13. The summed E-state index contributed by atoms with van der Waals surface area (Å²) in [4.78, 5) is 4.60. The monoisotopic (exact) mass is 416 g/mol. The molecule has 0 fully saturated rings. The molecule has 0 amide bonds. The van der Waals surface area contributed by atoms with Crippen LogP contribution in [0.3, 0.4) is 0 Å². The lowest BCUT2D eigenvalue weighted by atomic mass is 9.72. The zero-order valence-electron chi connectivity index (χ0n) is 19.1. The molecule has 2 N–H and O–H groups in total. The quantitative estimate of drug-likeness (QED) is 0.533. The fraction of sp³-hybridized carbons (Fsp3) is 0.640. The van der Waals surface area contributed by atoms with Crippen molar-refractivity contribution in [1.82, 2.24) is 10.3 Å². The largest absolute Gasteiger partial charge is 0.395 e. The van der Waals surface area contributed by atoms with Gasteiger partial charge in [-0.05, 0) is 61.6 Å². The molecule has 0 saturated carbocycles. The number of benzene rings is 1. The van der Waals surface area contributed by atoms with Crippen molar-refractivity contribution in [3.8, 4) is 11.3 Å². The van der Waals surface area contributed by atoms with E-state index in [-0.39, 0.29) is 6.61 Å². The van der Waals surface area contributed by atoms with E-state index in [9.17, 15) is 0 Å². The van der Waals surface area contributed by atoms with Crippen molar-refractivity contribution < 1.29 is 5.11 Å². The van der Waals surface area contributed by atoms with Gasteiger partial charge >= 0.3 is 0 Å². The van der Waals surface area contributed by atoms with E-state index in [1.807, 2.05) is 0 Å². The molecular weight excluding hydrogens is 376 g/mol. The van der Waals surface area contributed by atoms with Crippen molar-refractivity contribution in [3.05, 3.63) is 39.7 Å². The summed E-state index contributed by atoms with van der Waals surface area (Å²) in [7, 11) is 0. The summed E-state index contributed by atoms with van der Waals surface area (Å²) in [5.41, 5.74) is 5.77. The molecule has 1 aliphatic rings. The number of thiazole rings is 1. The molecule has 3 nitrogen and oxygen atoms in total. The molecule has 0 radical (unpaired) electrons. The Labute approximate surface area is 182 Å². The van der Waals surface area contributed by atoms with Crippen LogP contribution in [0.15, 0.2) is 23.6 Å². The van der Waals surface area contributed by atoms with E-state index in [2.05, 4.69) is 68.5 Å². The molecule has 1 heterocycles. The highest BCUT2D eigenvalue weighted by Gasteiger charge is 2.27. The first-order chi connectivity index (χ1) is 13.9. The Hall–Kier alpha value is -1.23. The summed E-state index contributed by atoms with van der Waals surface area (Å²) in [5, 5.41) is 15.2. The molecule has 0 bridgehead atoms. The minimum Gasteiger partial charge on any atom is -0.395 e. The Morgan fingerprint density at radius 1 is 1.21 bits per heavy atom. The predicted octanol–water partition coefficient (Wildman–Crippen LogP) is 6.27. The summed E-state index contributed by atoms with van der Waals surface area (Å²) in [6.45, 7) is 12.2. The van der Waals surface area contributed by atoms with E-state index < -0.39 is 0 Å². The molecule has 0 spiro atoms. The van der Waals surface area contributed by atoms with Gasteiger partial charge in [-0.15, -0.1) is 11.3 Å². The van der Waals surface area contributed by atoms with Gasteiger partial charge in [0, 0.05) is 23.5 Å². The maximum absolute atomic E-state index is 8.59. The molecule has 0 aliphatic heterocycles. The van der Waals surface area contributed by atoms with E-state index in [0.717, 1.165) is 17.2 Å². The average molecular weight is 417 g/mol. The molecule has 29 heavy (non-hydrogen) atoms. The van der Waals surface area contributed by atoms with Gasteiger partial charge in [-0.3, -0.25) is 0 Å². The van der Waals surface area contributed by atoms with Crippen molar-refractivity contribution in [3.63, 3.8) is 0 Å². The number of hydrogen-bond donors (Lipinski definition) is 2. The number of nitrogens with zero attached hydrogens (tertiary/aromatic N) is 1. The van der Waals surface area contributed by atoms with Crippen molar-refractivity contribution in [2.75, 3.05) is 13.2 Å². The first kappa shape index (κ1) is 24.0. The second-order valence-corrected chi connectivity index (χ2v) is 9.88. The standard InChI is InChI=1S/C16H19NS.C9H21NO/c1-11-17-15(10-18-11)13-7-6-12-5-4-8-16(2,3)14(12)9-13;1-3-5-9(6-4-2)10-7-8-11/h6-7,9-10H,4-5,8H2,1-3H3;9-11H,3-8H2,1-2H3. The van der Waals surface area contributed by atoms with Crippen LogP contribution >= 0.6 is 11.3 Å². The summed E-state index contributed by atoms with van der Waals surface area (Å²) >= 11 is 1.73. The Morgan fingerprint density at radius 2 is 1.93 bits per heavy atom. The second-order valence-electron chi connectivity index (χ2n) is 8.81. The van der Waals surface area contributed by atoms with Crippen LogP contribution in [0, 0.1) is 6.92 Å². The Bertz CT molecular complexity index is 732. The molecule has 1 aliphatic carbocycles. The van der Waals surface area contributed by atoms with E-state index >= 15 is 0 Å². The molecule has 0 saturated heterocycles. The highest BCUT2D eigenvalue weighted by atomic mass is 32.1. The first-order valence-electron chi connectivity index (χ1n) is 11.3.